The van der Waals surface area contributed by atoms with Crippen molar-refractivity contribution in [2.75, 3.05) is 0 Å². The molecular formula is C27H38N6O. The van der Waals surface area contributed by atoms with Gasteiger partial charge >= 0.3 is 0 Å². The van der Waals surface area contributed by atoms with Gasteiger partial charge in [0, 0.05) is 23.7 Å². The summed E-state index contributed by atoms with van der Waals surface area (Å²) in [4.78, 5) is 18.9. The number of hydrogen-bond acceptors (Lipinski definition) is 5. The maximum absolute atomic E-state index is 13.2. The minimum absolute atomic E-state index is 0.0109. The number of aromatic amines is 1. The van der Waals surface area contributed by atoms with Crippen LogP contribution in [0.25, 0.3) is 10.9 Å². The first-order chi connectivity index (χ1) is 16.5. The van der Waals surface area contributed by atoms with E-state index in [-0.39, 0.29) is 11.6 Å². The molecule has 2 fully saturated rings. The number of tetrazole rings is 1. The smallest absolute Gasteiger partial charge is 0.252 e. The maximum atomic E-state index is 13.2. The van der Waals surface area contributed by atoms with Gasteiger partial charge in [-0.3, -0.25) is 9.69 Å². The molecule has 0 unspecified atom stereocenters. The van der Waals surface area contributed by atoms with Gasteiger partial charge in [-0.05, 0) is 72.0 Å². The normalized spacial score (nSPS) is 19.0. The fourth-order valence-electron chi connectivity index (χ4n) is 6.18. The third-order valence-electron chi connectivity index (χ3n) is 7.92. The molecule has 2 aliphatic rings. The van der Waals surface area contributed by atoms with Crippen molar-refractivity contribution in [2.24, 2.45) is 5.92 Å². The van der Waals surface area contributed by atoms with Gasteiger partial charge in [-0.15, -0.1) is 5.10 Å². The van der Waals surface area contributed by atoms with E-state index in [1.807, 2.05) is 6.07 Å². The summed E-state index contributed by atoms with van der Waals surface area (Å²) < 4.78 is 2.11. The number of nitrogens with zero attached hydrogens (tertiary/aromatic N) is 5. The summed E-state index contributed by atoms with van der Waals surface area (Å²) in [5, 5.41) is 14.3. The number of hydrogen-bond donors (Lipinski definition) is 1. The van der Waals surface area contributed by atoms with Crippen molar-refractivity contribution >= 4 is 10.9 Å². The molecule has 5 rings (SSSR count). The highest BCUT2D eigenvalue weighted by Crippen LogP contribution is 2.38. The molecule has 0 spiro atoms. The second-order valence-corrected chi connectivity index (χ2v) is 10.8. The molecule has 7 nitrogen and oxygen atoms in total. The highest BCUT2D eigenvalue weighted by molar-refractivity contribution is 5.79. The Morgan fingerprint density at radius 1 is 1.06 bits per heavy atom. The first-order valence-electron chi connectivity index (χ1n) is 13.2. The molecule has 7 heteroatoms. The van der Waals surface area contributed by atoms with Gasteiger partial charge in [0.15, 0.2) is 5.82 Å². The van der Waals surface area contributed by atoms with E-state index in [2.05, 4.69) is 69.1 Å². The summed E-state index contributed by atoms with van der Waals surface area (Å²) in [6, 6.07) is 9.25. The van der Waals surface area contributed by atoms with E-state index >= 15 is 0 Å². The molecule has 34 heavy (non-hydrogen) atoms. The van der Waals surface area contributed by atoms with E-state index in [1.165, 1.54) is 44.9 Å². The van der Waals surface area contributed by atoms with Gasteiger partial charge in [-0.1, -0.05) is 58.1 Å². The van der Waals surface area contributed by atoms with Crippen LogP contribution in [0, 0.1) is 12.8 Å². The SMILES string of the molecule is Cc1ccc2cc(CN(C3CCCCC3)[C@@H](c3nnnn3C3CCCC3)C(C)C)c(=O)[nH]c2c1. The summed E-state index contributed by atoms with van der Waals surface area (Å²) in [5.74, 6) is 1.30. The molecule has 1 N–H and O–H groups in total. The van der Waals surface area contributed by atoms with Crippen LogP contribution in [0.2, 0.25) is 0 Å². The lowest BCUT2D eigenvalue weighted by molar-refractivity contribution is 0.0598. The summed E-state index contributed by atoms with van der Waals surface area (Å²) >= 11 is 0. The van der Waals surface area contributed by atoms with Gasteiger partial charge in [-0.2, -0.15) is 0 Å². The van der Waals surface area contributed by atoms with Crippen molar-refractivity contribution in [3.05, 3.63) is 51.6 Å². The van der Waals surface area contributed by atoms with Crippen LogP contribution in [-0.2, 0) is 6.54 Å². The zero-order valence-corrected chi connectivity index (χ0v) is 20.8. The quantitative estimate of drug-likeness (QED) is 0.504. The second kappa shape index (κ2) is 9.98. The number of pyridine rings is 1. The zero-order chi connectivity index (χ0) is 23.7. The number of aryl methyl sites for hydroxylation is 1. The summed E-state index contributed by atoms with van der Waals surface area (Å²) in [6.45, 7) is 7.20. The molecular weight excluding hydrogens is 424 g/mol. The van der Waals surface area contributed by atoms with Crippen molar-refractivity contribution in [3.8, 4) is 0 Å². The number of rotatable bonds is 7. The Labute approximate surface area is 201 Å². The van der Waals surface area contributed by atoms with E-state index < -0.39 is 0 Å². The molecule has 1 atom stereocenters. The van der Waals surface area contributed by atoms with Gasteiger partial charge in [-0.25, -0.2) is 4.68 Å². The summed E-state index contributed by atoms with van der Waals surface area (Å²) in [6.07, 6.45) is 10.9. The predicted molar refractivity (Wildman–Crippen MR) is 135 cm³/mol. The molecule has 0 aliphatic heterocycles. The molecule has 1 aromatic carbocycles. The average molecular weight is 463 g/mol. The van der Waals surface area contributed by atoms with Crippen LogP contribution in [0.15, 0.2) is 29.1 Å². The molecule has 0 bridgehead atoms. The topological polar surface area (TPSA) is 79.7 Å². The van der Waals surface area contributed by atoms with E-state index in [1.54, 1.807) is 0 Å². The molecule has 2 saturated carbocycles. The van der Waals surface area contributed by atoms with Crippen LogP contribution in [0.1, 0.15) is 101 Å². The van der Waals surface area contributed by atoms with Crippen LogP contribution < -0.4 is 5.56 Å². The molecule has 2 aromatic heterocycles. The van der Waals surface area contributed by atoms with E-state index in [0.29, 0.717) is 24.5 Å². The van der Waals surface area contributed by atoms with Gasteiger partial charge < -0.3 is 4.98 Å². The first kappa shape index (κ1) is 23.2. The molecule has 2 heterocycles. The number of H-pyrrole nitrogens is 1. The van der Waals surface area contributed by atoms with Crippen LogP contribution in [0.3, 0.4) is 0 Å². The van der Waals surface area contributed by atoms with Crippen molar-refractivity contribution in [1.29, 1.82) is 0 Å². The first-order valence-corrected chi connectivity index (χ1v) is 13.2. The molecule has 0 radical (unpaired) electrons. The third-order valence-corrected chi connectivity index (χ3v) is 7.92. The highest BCUT2D eigenvalue weighted by Gasteiger charge is 2.36. The molecule has 3 aromatic rings. The highest BCUT2D eigenvalue weighted by atomic mass is 16.1. The predicted octanol–water partition coefficient (Wildman–Crippen LogP) is 5.47. The Morgan fingerprint density at radius 3 is 2.53 bits per heavy atom. The van der Waals surface area contributed by atoms with Gasteiger partial charge in [0.25, 0.3) is 5.56 Å². The van der Waals surface area contributed by atoms with E-state index in [4.69, 9.17) is 0 Å². The van der Waals surface area contributed by atoms with Crippen LogP contribution in [-0.4, -0.2) is 36.1 Å². The lowest BCUT2D eigenvalue weighted by atomic mass is 9.90. The zero-order valence-electron chi connectivity index (χ0n) is 20.8. The minimum Gasteiger partial charge on any atom is -0.322 e. The van der Waals surface area contributed by atoms with E-state index in [9.17, 15) is 4.79 Å². The fraction of sp³-hybridized carbons (Fsp3) is 0.630. The summed E-state index contributed by atoms with van der Waals surface area (Å²) in [5.41, 5.74) is 2.89. The van der Waals surface area contributed by atoms with Gasteiger partial charge in [0.05, 0.1) is 12.1 Å². The van der Waals surface area contributed by atoms with Gasteiger partial charge in [0.1, 0.15) is 0 Å². The maximum Gasteiger partial charge on any atom is 0.252 e. The fourth-order valence-corrected chi connectivity index (χ4v) is 6.18. The number of fused-ring (bicyclic) bond motifs is 1. The molecule has 0 saturated heterocycles. The van der Waals surface area contributed by atoms with Crippen LogP contribution >= 0.6 is 0 Å². The average Bonchev–Trinajstić information content (AvgIpc) is 3.51. The van der Waals surface area contributed by atoms with Crippen molar-refractivity contribution in [2.45, 2.75) is 103 Å². The van der Waals surface area contributed by atoms with Gasteiger partial charge in [0.2, 0.25) is 0 Å². The number of nitrogens with one attached hydrogen (secondary N) is 1. The standard InChI is InChI=1S/C27H38N6O/c1-18(2)25(26-29-30-31-33(26)23-11-7-8-12-23)32(22-9-5-4-6-10-22)17-21-16-20-14-13-19(3)15-24(20)28-27(21)34/h13-16,18,22-23,25H,4-12,17H2,1-3H3,(H,28,34)/t25-/m1/s1. The lowest BCUT2D eigenvalue weighted by Gasteiger charge is -2.41. The Hall–Kier alpha value is -2.54. The van der Waals surface area contributed by atoms with Crippen molar-refractivity contribution in [3.63, 3.8) is 0 Å². The molecule has 182 valence electrons. The molecule has 2 aliphatic carbocycles. The van der Waals surface area contributed by atoms with Crippen molar-refractivity contribution < 1.29 is 0 Å². The number of aromatic nitrogens is 5. The lowest BCUT2D eigenvalue weighted by Crippen LogP contribution is -2.43. The Bertz CT molecular complexity index is 1170. The molecule has 0 amide bonds. The second-order valence-electron chi connectivity index (χ2n) is 10.8. The van der Waals surface area contributed by atoms with Crippen LogP contribution in [0.4, 0.5) is 0 Å². The van der Waals surface area contributed by atoms with Crippen LogP contribution in [0.5, 0.6) is 0 Å². The summed E-state index contributed by atoms with van der Waals surface area (Å²) in [7, 11) is 0. The minimum atomic E-state index is 0.0109. The number of benzene rings is 1. The third kappa shape index (κ3) is 4.67. The monoisotopic (exact) mass is 462 g/mol. The largest absolute Gasteiger partial charge is 0.322 e. The Balaban J connectivity index is 1.55. The van der Waals surface area contributed by atoms with E-state index in [0.717, 1.165) is 40.7 Å². The Kier molecular flexibility index (Phi) is 6.82. The Morgan fingerprint density at radius 2 is 1.79 bits per heavy atom. The van der Waals surface area contributed by atoms with Crippen molar-refractivity contribution in [1.82, 2.24) is 30.1 Å².